The maximum Gasteiger partial charge on any atom is 0.331 e. The summed E-state index contributed by atoms with van der Waals surface area (Å²) < 4.78 is 23.9. The highest BCUT2D eigenvalue weighted by molar-refractivity contribution is 5.70. The van der Waals surface area contributed by atoms with Gasteiger partial charge in [0, 0.05) is 5.56 Å². The molecule has 0 aliphatic carbocycles. The van der Waals surface area contributed by atoms with Crippen molar-refractivity contribution in [1.82, 2.24) is 20.2 Å². The van der Waals surface area contributed by atoms with E-state index in [1.54, 1.807) is 4.68 Å². The van der Waals surface area contributed by atoms with Crippen LogP contribution in [0.15, 0.2) is 54.6 Å². The first-order valence-electron chi connectivity index (χ1n) is 10.1. The molecule has 31 heavy (non-hydrogen) atoms. The Hall–Kier alpha value is -3.14. The fourth-order valence-electron chi connectivity index (χ4n) is 4.08. The zero-order valence-electron chi connectivity index (χ0n) is 17.0. The van der Waals surface area contributed by atoms with Crippen molar-refractivity contribution in [3.8, 4) is 22.5 Å². The van der Waals surface area contributed by atoms with Crippen LogP contribution in [0.3, 0.4) is 0 Å². The van der Waals surface area contributed by atoms with Crippen LogP contribution in [0.1, 0.15) is 6.04 Å². The second kappa shape index (κ2) is 8.54. The molecule has 1 aromatic heterocycles. The van der Waals surface area contributed by atoms with E-state index in [-0.39, 0.29) is 31.0 Å². The topological polar surface area (TPSA) is 97.6 Å². The van der Waals surface area contributed by atoms with E-state index in [4.69, 9.17) is 14.2 Å². The molecule has 3 aromatic rings. The van der Waals surface area contributed by atoms with Crippen molar-refractivity contribution in [1.29, 1.82) is 0 Å². The largest absolute Gasteiger partial charge is 0.467 e. The Bertz CT molecular complexity index is 1040. The first kappa shape index (κ1) is 19.8. The molecular weight excluding hydrogens is 400 g/mol. The van der Waals surface area contributed by atoms with Crippen molar-refractivity contribution < 1.29 is 23.7 Å². The van der Waals surface area contributed by atoms with Crippen LogP contribution in [-0.4, -0.2) is 71.4 Å². The van der Waals surface area contributed by atoms with Crippen LogP contribution in [0, 0.1) is 0 Å². The van der Waals surface area contributed by atoms with Gasteiger partial charge in [-0.25, -0.2) is 9.48 Å². The standard InChI is InChI=1S/C22H22N4O5/c1-28-19(27)13-29-18-12-31-20-17(11-30-21(18)20)26-22(23-24-25-26)16-9-7-15(8-10-16)14-5-3-2-4-6-14/h2-10,17-18,20-21H,11-13H2,1H3/t17-,18-,20-,21+/m0/s1. The van der Waals surface area contributed by atoms with Gasteiger partial charge >= 0.3 is 5.97 Å². The number of hydrogen-bond acceptors (Lipinski definition) is 8. The summed E-state index contributed by atoms with van der Waals surface area (Å²) in [6.45, 7) is 0.602. The van der Waals surface area contributed by atoms with E-state index in [2.05, 4.69) is 44.5 Å². The van der Waals surface area contributed by atoms with Gasteiger partial charge in [0.25, 0.3) is 0 Å². The number of fused-ring (bicyclic) bond motifs is 1. The van der Waals surface area contributed by atoms with Crippen LogP contribution < -0.4 is 0 Å². The number of hydrogen-bond donors (Lipinski definition) is 0. The van der Waals surface area contributed by atoms with Gasteiger partial charge in [-0.15, -0.1) is 5.10 Å². The molecule has 0 radical (unpaired) electrons. The van der Waals surface area contributed by atoms with Gasteiger partial charge in [0.1, 0.15) is 31.0 Å². The van der Waals surface area contributed by atoms with Gasteiger partial charge in [0.15, 0.2) is 5.82 Å². The number of ether oxygens (including phenoxy) is 4. The minimum Gasteiger partial charge on any atom is -0.467 e. The molecule has 0 amide bonds. The zero-order chi connectivity index (χ0) is 21.2. The Morgan fingerprint density at radius 2 is 1.71 bits per heavy atom. The quantitative estimate of drug-likeness (QED) is 0.556. The molecule has 0 saturated carbocycles. The van der Waals surface area contributed by atoms with Crippen molar-refractivity contribution in [2.24, 2.45) is 0 Å². The minimum absolute atomic E-state index is 0.133. The number of tetrazole rings is 1. The van der Waals surface area contributed by atoms with Crippen molar-refractivity contribution in [2.45, 2.75) is 24.4 Å². The van der Waals surface area contributed by atoms with Crippen LogP contribution in [0.5, 0.6) is 0 Å². The van der Waals surface area contributed by atoms with Gasteiger partial charge < -0.3 is 18.9 Å². The predicted molar refractivity (Wildman–Crippen MR) is 109 cm³/mol. The maximum atomic E-state index is 11.4. The molecule has 3 heterocycles. The van der Waals surface area contributed by atoms with Gasteiger partial charge in [0.2, 0.25) is 0 Å². The molecule has 2 saturated heterocycles. The number of carbonyl (C=O) groups is 1. The molecule has 9 nitrogen and oxygen atoms in total. The molecule has 4 atom stereocenters. The average molecular weight is 422 g/mol. The highest BCUT2D eigenvalue weighted by Crippen LogP contribution is 2.37. The zero-order valence-corrected chi connectivity index (χ0v) is 17.0. The summed E-state index contributed by atoms with van der Waals surface area (Å²) in [5.41, 5.74) is 3.18. The summed E-state index contributed by atoms with van der Waals surface area (Å²) in [6, 6.07) is 18.1. The van der Waals surface area contributed by atoms with Gasteiger partial charge in [-0.05, 0) is 21.6 Å². The fraction of sp³-hybridized carbons (Fsp3) is 0.364. The molecule has 2 aliphatic rings. The maximum absolute atomic E-state index is 11.4. The number of aromatic nitrogens is 4. The molecular formula is C22H22N4O5. The molecule has 0 N–H and O–H groups in total. The first-order chi connectivity index (χ1) is 15.2. The summed E-state index contributed by atoms with van der Waals surface area (Å²) in [4.78, 5) is 11.4. The van der Waals surface area contributed by atoms with E-state index >= 15 is 0 Å². The number of benzene rings is 2. The molecule has 0 bridgehead atoms. The van der Waals surface area contributed by atoms with Crippen molar-refractivity contribution in [2.75, 3.05) is 26.9 Å². The highest BCUT2D eigenvalue weighted by atomic mass is 16.6. The minimum atomic E-state index is -0.431. The van der Waals surface area contributed by atoms with E-state index in [1.807, 2.05) is 30.3 Å². The lowest BCUT2D eigenvalue weighted by molar-refractivity contribution is -0.150. The van der Waals surface area contributed by atoms with Crippen molar-refractivity contribution in [3.63, 3.8) is 0 Å². The lowest BCUT2D eigenvalue weighted by Gasteiger charge is -2.17. The summed E-state index contributed by atoms with van der Waals surface area (Å²) in [6.07, 6.45) is -0.875. The van der Waals surface area contributed by atoms with Crippen LogP contribution in [0.25, 0.3) is 22.5 Å². The van der Waals surface area contributed by atoms with Crippen LogP contribution >= 0.6 is 0 Å². The van der Waals surface area contributed by atoms with Gasteiger partial charge in [-0.2, -0.15) is 0 Å². The highest BCUT2D eigenvalue weighted by Gasteiger charge is 2.50. The molecule has 0 unspecified atom stereocenters. The Morgan fingerprint density at radius 1 is 1.00 bits per heavy atom. The third-order valence-electron chi connectivity index (χ3n) is 5.68. The Balaban J connectivity index is 1.33. The molecule has 0 spiro atoms. The predicted octanol–water partition coefficient (Wildman–Crippen LogP) is 1.90. The normalized spacial score (nSPS) is 24.8. The number of esters is 1. The third kappa shape index (κ3) is 3.83. The van der Waals surface area contributed by atoms with Gasteiger partial charge in [-0.3, -0.25) is 0 Å². The number of methoxy groups -OCH3 is 1. The van der Waals surface area contributed by atoms with Gasteiger partial charge in [0.05, 0.1) is 20.3 Å². The molecule has 2 aliphatic heterocycles. The summed E-state index contributed by atoms with van der Waals surface area (Å²) in [5, 5.41) is 12.3. The lowest BCUT2D eigenvalue weighted by atomic mass is 10.0. The molecule has 5 rings (SSSR count). The monoisotopic (exact) mass is 422 g/mol. The van der Waals surface area contributed by atoms with E-state index in [1.165, 1.54) is 7.11 Å². The SMILES string of the molecule is COC(=O)CO[C@H]1CO[C@@H]2[C@@H]1OC[C@@H]2n1nnnc1-c1ccc(-c2ccccc2)cc1. The molecule has 2 fully saturated rings. The van der Waals surface area contributed by atoms with Crippen LogP contribution in [-0.2, 0) is 23.7 Å². The fourth-order valence-corrected chi connectivity index (χ4v) is 4.08. The summed E-state index contributed by atoms with van der Waals surface area (Å²) in [5.74, 6) is 0.219. The molecule has 9 heteroatoms. The third-order valence-corrected chi connectivity index (χ3v) is 5.68. The number of nitrogens with zero attached hydrogens (tertiary/aromatic N) is 4. The van der Waals surface area contributed by atoms with Gasteiger partial charge in [-0.1, -0.05) is 54.6 Å². The van der Waals surface area contributed by atoms with E-state index in [9.17, 15) is 4.79 Å². The van der Waals surface area contributed by atoms with E-state index in [0.717, 1.165) is 16.7 Å². The Labute approximate surface area is 178 Å². The molecule has 2 aromatic carbocycles. The van der Waals surface area contributed by atoms with Crippen molar-refractivity contribution >= 4 is 5.97 Å². The summed E-state index contributed by atoms with van der Waals surface area (Å²) >= 11 is 0. The second-order valence-electron chi connectivity index (χ2n) is 7.48. The molecule has 160 valence electrons. The van der Waals surface area contributed by atoms with E-state index < -0.39 is 5.97 Å². The lowest BCUT2D eigenvalue weighted by Crippen LogP contribution is -2.33. The Morgan fingerprint density at radius 3 is 2.48 bits per heavy atom. The second-order valence-corrected chi connectivity index (χ2v) is 7.48. The van der Waals surface area contributed by atoms with Crippen molar-refractivity contribution in [3.05, 3.63) is 54.6 Å². The Kier molecular flexibility index (Phi) is 5.46. The average Bonchev–Trinajstić information content (AvgIpc) is 3.55. The van der Waals surface area contributed by atoms with Crippen LogP contribution in [0.2, 0.25) is 0 Å². The number of rotatable bonds is 6. The smallest absolute Gasteiger partial charge is 0.331 e. The van der Waals surface area contributed by atoms with E-state index in [0.29, 0.717) is 19.0 Å². The van der Waals surface area contributed by atoms with Crippen LogP contribution in [0.4, 0.5) is 0 Å². The summed E-state index contributed by atoms with van der Waals surface area (Å²) in [7, 11) is 1.33. The number of carbonyl (C=O) groups excluding carboxylic acids is 1. The first-order valence-corrected chi connectivity index (χ1v) is 10.1.